The largest absolute Gasteiger partial charge is 0.495 e. The molecule has 0 unspecified atom stereocenters. The number of benzene rings is 1. The third kappa shape index (κ3) is 1.85. The molecule has 4 aliphatic rings. The van der Waals surface area contributed by atoms with Crippen molar-refractivity contribution in [2.45, 2.75) is 37.6 Å². The number of nitrogens with one attached hydrogen (secondary N) is 1. The van der Waals surface area contributed by atoms with Crippen LogP contribution in [0.25, 0.3) is 0 Å². The van der Waals surface area contributed by atoms with E-state index in [1.165, 1.54) is 32.1 Å². The van der Waals surface area contributed by atoms with Crippen molar-refractivity contribution in [3.8, 4) is 11.8 Å². The van der Waals surface area contributed by atoms with Crippen molar-refractivity contribution < 1.29 is 4.74 Å². The minimum absolute atomic E-state index is 0.387. The summed E-state index contributed by atoms with van der Waals surface area (Å²) in [7, 11) is 1.69. The van der Waals surface area contributed by atoms with Crippen LogP contribution in [0.1, 0.15) is 32.1 Å². The Bertz CT molecular complexity index is 561. The maximum Gasteiger partial charge on any atom is 0.141 e. The van der Waals surface area contributed by atoms with Gasteiger partial charge in [-0.1, -0.05) is 12.1 Å². The van der Waals surface area contributed by atoms with Crippen molar-refractivity contribution in [3.63, 3.8) is 0 Å². The lowest BCUT2D eigenvalue weighted by Crippen LogP contribution is -2.61. The van der Waals surface area contributed by atoms with Gasteiger partial charge in [0.1, 0.15) is 11.3 Å². The topological polar surface area (TPSA) is 45.0 Å². The van der Waals surface area contributed by atoms with Crippen LogP contribution >= 0.6 is 0 Å². The van der Waals surface area contributed by atoms with Crippen LogP contribution in [0.2, 0.25) is 0 Å². The normalized spacial score (nSPS) is 39.8. The Morgan fingerprint density at radius 1 is 1.10 bits per heavy atom. The first-order chi connectivity index (χ1) is 10.2. The average molecular weight is 282 g/mol. The van der Waals surface area contributed by atoms with Crippen molar-refractivity contribution in [2.24, 2.45) is 23.7 Å². The van der Waals surface area contributed by atoms with E-state index < -0.39 is 0 Å². The fraction of sp³-hybridized carbons (Fsp3) is 0.611. The second-order valence-electron chi connectivity index (χ2n) is 7.11. The predicted molar refractivity (Wildman–Crippen MR) is 82.0 cm³/mol. The highest BCUT2D eigenvalue weighted by Gasteiger charge is 2.58. The number of nitrogens with zero attached hydrogens (tertiary/aromatic N) is 1. The first-order valence-corrected chi connectivity index (χ1v) is 8.07. The van der Waals surface area contributed by atoms with Gasteiger partial charge in [-0.25, -0.2) is 0 Å². The van der Waals surface area contributed by atoms with Crippen LogP contribution in [0.5, 0.6) is 5.75 Å². The van der Waals surface area contributed by atoms with E-state index in [-0.39, 0.29) is 5.54 Å². The molecule has 5 rings (SSSR count). The zero-order valence-corrected chi connectivity index (χ0v) is 12.5. The lowest BCUT2D eigenvalue weighted by Gasteiger charge is -2.58. The van der Waals surface area contributed by atoms with Gasteiger partial charge in [-0.05, 0) is 67.9 Å². The van der Waals surface area contributed by atoms with Gasteiger partial charge in [0.05, 0.1) is 18.9 Å². The molecule has 4 fully saturated rings. The molecule has 1 N–H and O–H groups in total. The number of methoxy groups -OCH3 is 1. The van der Waals surface area contributed by atoms with Gasteiger partial charge in [0.25, 0.3) is 0 Å². The van der Waals surface area contributed by atoms with Crippen LogP contribution in [0, 0.1) is 35.0 Å². The van der Waals surface area contributed by atoms with E-state index in [2.05, 4.69) is 11.4 Å². The number of hydrogen-bond donors (Lipinski definition) is 1. The molecular formula is C18H22N2O. The van der Waals surface area contributed by atoms with E-state index in [1.807, 2.05) is 24.3 Å². The summed E-state index contributed by atoms with van der Waals surface area (Å²) in [4.78, 5) is 0. The first-order valence-electron chi connectivity index (χ1n) is 8.07. The van der Waals surface area contributed by atoms with Gasteiger partial charge in [-0.3, -0.25) is 0 Å². The first kappa shape index (κ1) is 13.0. The second kappa shape index (κ2) is 4.66. The fourth-order valence-corrected chi connectivity index (χ4v) is 5.31. The van der Waals surface area contributed by atoms with Crippen LogP contribution in [0.15, 0.2) is 24.3 Å². The van der Waals surface area contributed by atoms with E-state index in [0.29, 0.717) is 11.8 Å². The zero-order valence-electron chi connectivity index (χ0n) is 12.5. The molecule has 21 heavy (non-hydrogen) atoms. The number of ether oxygens (including phenoxy) is 1. The van der Waals surface area contributed by atoms with E-state index in [0.717, 1.165) is 23.3 Å². The third-order valence-corrected chi connectivity index (χ3v) is 6.06. The molecule has 0 aliphatic heterocycles. The standard InChI is InChI=1S/C18H22N2O/c1-21-17-5-3-2-4-16(17)20-18(11-19)14-7-12-6-13(9-14)10-15(18)8-12/h2-5,12-15,20H,6-10H2,1H3. The average Bonchev–Trinajstić information content (AvgIpc) is 2.51. The Hall–Kier alpha value is -1.69. The second-order valence-corrected chi connectivity index (χ2v) is 7.11. The quantitative estimate of drug-likeness (QED) is 0.916. The molecule has 1 aromatic carbocycles. The van der Waals surface area contributed by atoms with Gasteiger partial charge >= 0.3 is 0 Å². The summed E-state index contributed by atoms with van der Waals surface area (Å²) in [6, 6.07) is 10.7. The maximum absolute atomic E-state index is 10.0. The molecule has 0 spiro atoms. The lowest BCUT2D eigenvalue weighted by atomic mass is 9.49. The highest BCUT2D eigenvalue weighted by molar-refractivity contribution is 5.59. The van der Waals surface area contributed by atoms with Crippen LogP contribution in [-0.2, 0) is 0 Å². The number of hydrogen-bond acceptors (Lipinski definition) is 3. The van der Waals surface area contributed by atoms with Crippen LogP contribution in [-0.4, -0.2) is 12.6 Å². The molecule has 3 nitrogen and oxygen atoms in total. The molecule has 4 saturated carbocycles. The van der Waals surface area contributed by atoms with Gasteiger partial charge in [0.15, 0.2) is 0 Å². The Balaban J connectivity index is 1.70. The Kier molecular flexibility index (Phi) is 2.89. The SMILES string of the molecule is COc1ccccc1NC1(C#N)C2CC3CC(C2)CC1C3. The molecule has 0 radical (unpaired) electrons. The molecule has 3 heteroatoms. The molecular weight excluding hydrogens is 260 g/mol. The number of para-hydroxylation sites is 2. The predicted octanol–water partition coefficient (Wildman–Crippen LogP) is 3.83. The molecule has 0 amide bonds. The van der Waals surface area contributed by atoms with Crippen molar-refractivity contribution in [1.29, 1.82) is 5.26 Å². The molecule has 4 aliphatic carbocycles. The van der Waals surface area contributed by atoms with E-state index in [1.54, 1.807) is 7.11 Å². The highest BCUT2D eigenvalue weighted by Crippen LogP contribution is 2.59. The van der Waals surface area contributed by atoms with Gasteiger partial charge in [-0.15, -0.1) is 0 Å². The fourth-order valence-electron chi connectivity index (χ4n) is 5.31. The minimum Gasteiger partial charge on any atom is -0.495 e. The van der Waals surface area contributed by atoms with E-state index in [9.17, 15) is 5.26 Å². The van der Waals surface area contributed by atoms with Crippen molar-refractivity contribution in [1.82, 2.24) is 0 Å². The van der Waals surface area contributed by atoms with E-state index >= 15 is 0 Å². The van der Waals surface area contributed by atoms with E-state index in [4.69, 9.17) is 4.74 Å². The van der Waals surface area contributed by atoms with Crippen LogP contribution in [0.3, 0.4) is 0 Å². The number of nitriles is 1. The molecule has 110 valence electrons. The van der Waals surface area contributed by atoms with Gasteiger partial charge in [0, 0.05) is 0 Å². The van der Waals surface area contributed by atoms with Crippen molar-refractivity contribution >= 4 is 5.69 Å². The minimum atomic E-state index is -0.387. The van der Waals surface area contributed by atoms with Gasteiger partial charge < -0.3 is 10.1 Å². The molecule has 0 heterocycles. The third-order valence-electron chi connectivity index (χ3n) is 6.06. The zero-order chi connectivity index (χ0) is 14.4. The van der Waals surface area contributed by atoms with Gasteiger partial charge in [0.2, 0.25) is 0 Å². The summed E-state index contributed by atoms with van der Waals surface area (Å²) < 4.78 is 5.46. The molecule has 4 bridgehead atoms. The molecule has 1 aromatic rings. The van der Waals surface area contributed by atoms with Crippen LogP contribution < -0.4 is 10.1 Å². The van der Waals surface area contributed by atoms with Crippen LogP contribution in [0.4, 0.5) is 5.69 Å². The molecule has 0 atom stereocenters. The maximum atomic E-state index is 10.0. The van der Waals surface area contributed by atoms with Crippen molar-refractivity contribution in [3.05, 3.63) is 24.3 Å². The Labute approximate surface area is 126 Å². The number of anilines is 1. The Morgan fingerprint density at radius 3 is 2.29 bits per heavy atom. The molecule has 0 aromatic heterocycles. The summed E-state index contributed by atoms with van der Waals surface area (Å²) in [6.45, 7) is 0. The smallest absolute Gasteiger partial charge is 0.141 e. The molecule has 0 saturated heterocycles. The summed E-state index contributed by atoms with van der Waals surface area (Å²) in [5, 5.41) is 13.6. The van der Waals surface area contributed by atoms with Crippen molar-refractivity contribution in [2.75, 3.05) is 12.4 Å². The summed E-state index contributed by atoms with van der Waals surface area (Å²) in [5.74, 6) is 3.58. The Morgan fingerprint density at radius 2 is 1.71 bits per heavy atom. The summed E-state index contributed by atoms with van der Waals surface area (Å²) in [5.41, 5.74) is 0.580. The highest BCUT2D eigenvalue weighted by atomic mass is 16.5. The monoisotopic (exact) mass is 282 g/mol. The lowest BCUT2D eigenvalue weighted by molar-refractivity contribution is -0.0207. The van der Waals surface area contributed by atoms with Gasteiger partial charge in [-0.2, -0.15) is 5.26 Å². The summed E-state index contributed by atoms with van der Waals surface area (Å²) >= 11 is 0. The number of rotatable bonds is 3. The summed E-state index contributed by atoms with van der Waals surface area (Å²) in [6.07, 6.45) is 6.31.